The molecule has 1 aliphatic heterocycles. The standard InChI is InChI=1S/C23H24N2OS.ClH/c1-16-11-12-19(17(2)13-16)24-14-18(26)15-25-20-7-3-5-9-22(20)27-23-10-6-4-8-21(23)25;/h3-13,18,24,26H,14-15H2,1-2H3;1H. The minimum atomic E-state index is -0.491. The second-order valence-electron chi connectivity index (χ2n) is 7.00. The van der Waals surface area contributed by atoms with E-state index < -0.39 is 6.10 Å². The lowest BCUT2D eigenvalue weighted by Crippen LogP contribution is -2.34. The number of nitrogens with one attached hydrogen (secondary N) is 1. The van der Waals surface area contributed by atoms with E-state index in [0.717, 1.165) is 17.1 Å². The van der Waals surface area contributed by atoms with Crippen molar-refractivity contribution in [3.8, 4) is 0 Å². The van der Waals surface area contributed by atoms with Crippen molar-refractivity contribution in [1.29, 1.82) is 0 Å². The van der Waals surface area contributed by atoms with Gasteiger partial charge in [0.05, 0.1) is 24.0 Å². The molecule has 3 aromatic carbocycles. The predicted octanol–water partition coefficient (Wildman–Crippen LogP) is 5.80. The quantitative estimate of drug-likeness (QED) is 0.555. The van der Waals surface area contributed by atoms with E-state index in [1.54, 1.807) is 11.8 Å². The summed E-state index contributed by atoms with van der Waals surface area (Å²) in [5, 5.41) is 14.1. The molecule has 0 aliphatic carbocycles. The van der Waals surface area contributed by atoms with Gasteiger partial charge in [-0.1, -0.05) is 53.7 Å². The fraction of sp³-hybridized carbons (Fsp3) is 0.217. The van der Waals surface area contributed by atoms with Crippen LogP contribution in [0.1, 0.15) is 11.1 Å². The van der Waals surface area contributed by atoms with Gasteiger partial charge < -0.3 is 15.3 Å². The van der Waals surface area contributed by atoms with Crippen LogP contribution in [0.5, 0.6) is 0 Å². The Morgan fingerprint density at radius 3 is 2.14 bits per heavy atom. The number of aliphatic hydroxyl groups excluding tert-OH is 1. The van der Waals surface area contributed by atoms with E-state index in [-0.39, 0.29) is 12.4 Å². The van der Waals surface area contributed by atoms with Crippen molar-refractivity contribution in [2.24, 2.45) is 0 Å². The van der Waals surface area contributed by atoms with Gasteiger partial charge in [0.25, 0.3) is 0 Å². The summed E-state index contributed by atoms with van der Waals surface area (Å²) in [6.07, 6.45) is -0.491. The molecule has 0 saturated carbocycles. The summed E-state index contributed by atoms with van der Waals surface area (Å²) in [4.78, 5) is 4.69. The number of β-amino-alcohol motifs (C(OH)–C–C–N with tert-alkyl or cyclic N) is 1. The molecule has 2 N–H and O–H groups in total. The van der Waals surface area contributed by atoms with E-state index in [1.165, 1.54) is 20.9 Å². The lowest BCUT2D eigenvalue weighted by Gasteiger charge is -2.34. The van der Waals surface area contributed by atoms with E-state index in [2.05, 4.69) is 90.8 Å². The first-order valence-corrected chi connectivity index (χ1v) is 10.1. The summed E-state index contributed by atoms with van der Waals surface area (Å²) in [6.45, 7) is 5.25. The summed E-state index contributed by atoms with van der Waals surface area (Å²) in [7, 11) is 0. The molecular formula is C23H25ClN2OS. The molecule has 0 amide bonds. The Labute approximate surface area is 177 Å². The molecule has 0 spiro atoms. The number of hydrogen-bond acceptors (Lipinski definition) is 4. The van der Waals surface area contributed by atoms with Crippen molar-refractivity contribution in [2.75, 3.05) is 23.3 Å². The van der Waals surface area contributed by atoms with E-state index in [4.69, 9.17) is 0 Å². The zero-order chi connectivity index (χ0) is 18.8. The van der Waals surface area contributed by atoms with E-state index in [1.807, 2.05) is 0 Å². The molecule has 0 aromatic heterocycles. The van der Waals surface area contributed by atoms with Crippen LogP contribution < -0.4 is 10.2 Å². The van der Waals surface area contributed by atoms with Crippen LogP contribution in [-0.2, 0) is 0 Å². The zero-order valence-electron chi connectivity index (χ0n) is 16.1. The monoisotopic (exact) mass is 412 g/mol. The summed E-state index contributed by atoms with van der Waals surface area (Å²) >= 11 is 1.79. The Balaban J connectivity index is 0.00000225. The highest BCUT2D eigenvalue weighted by Crippen LogP contribution is 2.47. The number of para-hydroxylation sites is 2. The maximum atomic E-state index is 10.7. The predicted molar refractivity (Wildman–Crippen MR) is 122 cm³/mol. The number of halogens is 1. The fourth-order valence-electron chi connectivity index (χ4n) is 3.49. The van der Waals surface area contributed by atoms with Gasteiger partial charge in [-0.3, -0.25) is 0 Å². The van der Waals surface area contributed by atoms with E-state index in [0.29, 0.717) is 13.1 Å². The lowest BCUT2D eigenvalue weighted by molar-refractivity contribution is 0.195. The molecule has 1 aliphatic rings. The Morgan fingerprint density at radius 2 is 1.54 bits per heavy atom. The number of fused-ring (bicyclic) bond motifs is 2. The number of aryl methyl sites for hydroxylation is 2. The molecule has 3 nitrogen and oxygen atoms in total. The number of benzene rings is 3. The molecule has 1 unspecified atom stereocenters. The first-order valence-electron chi connectivity index (χ1n) is 9.24. The lowest BCUT2D eigenvalue weighted by atomic mass is 10.1. The van der Waals surface area contributed by atoms with Crippen molar-refractivity contribution < 1.29 is 5.11 Å². The van der Waals surface area contributed by atoms with Crippen molar-refractivity contribution in [2.45, 2.75) is 29.7 Å². The number of nitrogens with zero attached hydrogens (tertiary/aromatic N) is 1. The van der Waals surface area contributed by atoms with Gasteiger partial charge in [-0.2, -0.15) is 0 Å². The van der Waals surface area contributed by atoms with Crippen LogP contribution in [0, 0.1) is 13.8 Å². The highest BCUT2D eigenvalue weighted by molar-refractivity contribution is 7.99. The first-order chi connectivity index (χ1) is 13.1. The summed E-state index contributed by atoms with van der Waals surface area (Å²) in [6, 6.07) is 23.1. The van der Waals surface area contributed by atoms with Gasteiger partial charge in [0.2, 0.25) is 0 Å². The van der Waals surface area contributed by atoms with Crippen LogP contribution in [-0.4, -0.2) is 24.3 Å². The van der Waals surface area contributed by atoms with Crippen LogP contribution in [0.15, 0.2) is 76.5 Å². The smallest absolute Gasteiger partial charge is 0.0891 e. The van der Waals surface area contributed by atoms with Gasteiger partial charge in [-0.25, -0.2) is 0 Å². The van der Waals surface area contributed by atoms with Crippen LogP contribution in [0.25, 0.3) is 0 Å². The molecule has 1 heterocycles. The highest BCUT2D eigenvalue weighted by Gasteiger charge is 2.24. The number of rotatable bonds is 5. The molecule has 3 aromatic rings. The van der Waals surface area contributed by atoms with Crippen molar-refractivity contribution >= 4 is 41.2 Å². The van der Waals surface area contributed by atoms with Gasteiger partial charge in [0, 0.05) is 22.0 Å². The maximum absolute atomic E-state index is 10.7. The molecule has 146 valence electrons. The fourth-order valence-corrected chi connectivity index (χ4v) is 4.59. The van der Waals surface area contributed by atoms with Crippen LogP contribution in [0.3, 0.4) is 0 Å². The Hall–Kier alpha value is -2.14. The van der Waals surface area contributed by atoms with Crippen molar-refractivity contribution in [3.05, 3.63) is 77.9 Å². The molecule has 0 fully saturated rings. The van der Waals surface area contributed by atoms with Crippen LogP contribution >= 0.6 is 24.2 Å². The molecule has 0 saturated heterocycles. The topological polar surface area (TPSA) is 35.5 Å². The van der Waals surface area contributed by atoms with Crippen LogP contribution in [0.2, 0.25) is 0 Å². The molecule has 28 heavy (non-hydrogen) atoms. The minimum Gasteiger partial charge on any atom is -0.389 e. The molecular weight excluding hydrogens is 388 g/mol. The largest absolute Gasteiger partial charge is 0.389 e. The van der Waals surface area contributed by atoms with Gasteiger partial charge in [0.15, 0.2) is 0 Å². The van der Waals surface area contributed by atoms with Gasteiger partial charge in [0.1, 0.15) is 0 Å². The minimum absolute atomic E-state index is 0. The van der Waals surface area contributed by atoms with Crippen LogP contribution in [0.4, 0.5) is 17.1 Å². The third kappa shape index (κ3) is 4.30. The van der Waals surface area contributed by atoms with Gasteiger partial charge in [-0.05, 0) is 49.7 Å². The second kappa shape index (κ2) is 8.91. The molecule has 4 rings (SSSR count). The highest BCUT2D eigenvalue weighted by atomic mass is 35.5. The van der Waals surface area contributed by atoms with E-state index in [9.17, 15) is 5.11 Å². The summed E-state index contributed by atoms with van der Waals surface area (Å²) < 4.78 is 0. The Kier molecular flexibility index (Phi) is 6.55. The SMILES string of the molecule is Cc1ccc(NCC(O)CN2c3ccccc3Sc3ccccc32)c(C)c1.Cl. The molecule has 1 atom stereocenters. The average Bonchev–Trinajstić information content (AvgIpc) is 2.67. The maximum Gasteiger partial charge on any atom is 0.0891 e. The number of aliphatic hydroxyl groups is 1. The Bertz CT molecular complexity index is 917. The summed E-state index contributed by atoms with van der Waals surface area (Å²) in [5.41, 5.74) is 5.85. The average molecular weight is 413 g/mol. The Morgan fingerprint density at radius 1 is 0.929 bits per heavy atom. The van der Waals surface area contributed by atoms with Crippen molar-refractivity contribution in [1.82, 2.24) is 0 Å². The van der Waals surface area contributed by atoms with E-state index >= 15 is 0 Å². The van der Waals surface area contributed by atoms with Gasteiger partial charge in [-0.15, -0.1) is 12.4 Å². The second-order valence-corrected chi connectivity index (χ2v) is 8.08. The molecule has 5 heteroatoms. The third-order valence-electron chi connectivity index (χ3n) is 4.84. The van der Waals surface area contributed by atoms with Crippen molar-refractivity contribution in [3.63, 3.8) is 0 Å². The number of anilines is 3. The first kappa shape index (κ1) is 20.6. The summed E-state index contributed by atoms with van der Waals surface area (Å²) in [5.74, 6) is 0. The number of hydrogen-bond donors (Lipinski definition) is 2. The third-order valence-corrected chi connectivity index (χ3v) is 5.97. The normalized spacial score (nSPS) is 13.2. The van der Waals surface area contributed by atoms with Gasteiger partial charge >= 0.3 is 0 Å². The zero-order valence-corrected chi connectivity index (χ0v) is 17.7. The molecule has 0 bridgehead atoms. The molecule has 0 radical (unpaired) electrons.